The van der Waals surface area contributed by atoms with Crippen molar-refractivity contribution >= 4 is 17.4 Å². The molecule has 1 fully saturated rings. The molecule has 5 nitrogen and oxygen atoms in total. The van der Waals surface area contributed by atoms with Crippen molar-refractivity contribution in [2.24, 2.45) is 0 Å². The van der Waals surface area contributed by atoms with Gasteiger partial charge in [-0.2, -0.15) is 0 Å². The number of hydrogen-bond acceptors (Lipinski definition) is 5. The van der Waals surface area contributed by atoms with Crippen LogP contribution in [0.3, 0.4) is 0 Å². The zero-order valence-electron chi connectivity index (χ0n) is 20.3. The van der Waals surface area contributed by atoms with Crippen LogP contribution in [0.4, 0.5) is 0 Å². The summed E-state index contributed by atoms with van der Waals surface area (Å²) in [5.74, 6) is 0.809. The first kappa shape index (κ1) is 25.7. The minimum Gasteiger partial charge on any atom is -0.475 e. The van der Waals surface area contributed by atoms with Gasteiger partial charge in [0.05, 0.1) is 0 Å². The number of unbranched alkanes of at least 4 members (excludes halogenated alkanes) is 1. The first-order valence-corrected chi connectivity index (χ1v) is 12.5. The lowest BCUT2D eigenvalue weighted by Gasteiger charge is -2.39. The molecule has 1 unspecified atom stereocenters. The Morgan fingerprint density at radius 3 is 2.15 bits per heavy atom. The van der Waals surface area contributed by atoms with Gasteiger partial charge in [-0.15, -0.1) is 0 Å². The number of benzene rings is 2. The summed E-state index contributed by atoms with van der Waals surface area (Å²) in [5, 5.41) is 0.628. The molecule has 1 saturated heterocycles. The average molecular weight is 472 g/mol. The number of carbonyl (C=O) groups is 1. The maximum atomic E-state index is 12.7. The first-order chi connectivity index (χ1) is 16.0. The zero-order chi connectivity index (χ0) is 23.6. The van der Waals surface area contributed by atoms with Gasteiger partial charge in [0.2, 0.25) is 0 Å². The van der Waals surface area contributed by atoms with Crippen LogP contribution in [-0.2, 0) is 0 Å². The van der Waals surface area contributed by atoms with Crippen molar-refractivity contribution in [2.45, 2.75) is 38.8 Å². The summed E-state index contributed by atoms with van der Waals surface area (Å²) in [6, 6.07) is 14.5. The molecule has 0 radical (unpaired) electrons. The van der Waals surface area contributed by atoms with Crippen LogP contribution in [0.5, 0.6) is 5.75 Å². The van der Waals surface area contributed by atoms with Crippen molar-refractivity contribution in [2.75, 3.05) is 53.4 Å². The molecule has 0 aromatic heterocycles. The SMILES string of the molecule is CCCCC(Oc1ccc(C(=O)c2ccc(Cl)cc2)cc1)N1CCN(CCCN(C)C)CC1. The summed E-state index contributed by atoms with van der Waals surface area (Å²) in [7, 11) is 4.27. The van der Waals surface area contributed by atoms with Crippen molar-refractivity contribution in [1.29, 1.82) is 0 Å². The maximum Gasteiger partial charge on any atom is 0.193 e. The van der Waals surface area contributed by atoms with Crippen LogP contribution in [-0.4, -0.2) is 80.1 Å². The van der Waals surface area contributed by atoms with E-state index in [-0.39, 0.29) is 12.0 Å². The summed E-state index contributed by atoms with van der Waals surface area (Å²) in [6.07, 6.45) is 4.60. The lowest BCUT2D eigenvalue weighted by atomic mass is 10.0. The van der Waals surface area contributed by atoms with Gasteiger partial charge < -0.3 is 14.5 Å². The van der Waals surface area contributed by atoms with Gasteiger partial charge in [0.15, 0.2) is 12.0 Å². The molecule has 2 aromatic rings. The molecule has 0 spiro atoms. The Morgan fingerprint density at radius 1 is 0.970 bits per heavy atom. The van der Waals surface area contributed by atoms with Crippen LogP contribution in [0.25, 0.3) is 0 Å². The van der Waals surface area contributed by atoms with Crippen LogP contribution < -0.4 is 4.74 Å². The number of rotatable bonds is 12. The molecule has 3 rings (SSSR count). The minimum absolute atomic E-state index is 0.00821. The van der Waals surface area contributed by atoms with Crippen LogP contribution in [0, 0.1) is 0 Å². The minimum atomic E-state index is -0.00821. The van der Waals surface area contributed by atoms with E-state index in [1.807, 2.05) is 24.3 Å². The normalized spacial score (nSPS) is 16.2. The van der Waals surface area contributed by atoms with Crippen LogP contribution >= 0.6 is 11.6 Å². The highest BCUT2D eigenvalue weighted by molar-refractivity contribution is 6.30. The van der Waals surface area contributed by atoms with E-state index in [0.717, 1.165) is 64.3 Å². The second-order valence-electron chi connectivity index (χ2n) is 9.11. The third-order valence-corrected chi connectivity index (χ3v) is 6.45. The molecule has 33 heavy (non-hydrogen) atoms. The quantitative estimate of drug-likeness (QED) is 0.405. The maximum absolute atomic E-state index is 12.7. The summed E-state index contributed by atoms with van der Waals surface area (Å²) < 4.78 is 6.43. The van der Waals surface area contributed by atoms with E-state index in [1.165, 1.54) is 6.42 Å². The Labute approximate surface area is 204 Å². The summed E-state index contributed by atoms with van der Waals surface area (Å²) in [5.41, 5.74) is 1.29. The van der Waals surface area contributed by atoms with Crippen molar-refractivity contribution < 1.29 is 9.53 Å². The molecule has 1 atom stereocenters. The number of carbonyl (C=O) groups excluding carboxylic acids is 1. The third kappa shape index (κ3) is 8.11. The van der Waals surface area contributed by atoms with Crippen molar-refractivity contribution in [1.82, 2.24) is 14.7 Å². The highest BCUT2D eigenvalue weighted by Crippen LogP contribution is 2.21. The predicted molar refractivity (Wildman–Crippen MR) is 136 cm³/mol. The number of halogens is 1. The monoisotopic (exact) mass is 471 g/mol. The lowest BCUT2D eigenvalue weighted by molar-refractivity contribution is -0.0141. The molecule has 0 bridgehead atoms. The Kier molecular flexibility index (Phi) is 10.2. The fourth-order valence-electron chi connectivity index (χ4n) is 4.19. The highest BCUT2D eigenvalue weighted by atomic mass is 35.5. The van der Waals surface area contributed by atoms with Crippen LogP contribution in [0.2, 0.25) is 5.02 Å². The molecule has 1 heterocycles. The largest absolute Gasteiger partial charge is 0.475 e. The smallest absolute Gasteiger partial charge is 0.193 e. The molecule has 0 aliphatic carbocycles. The third-order valence-electron chi connectivity index (χ3n) is 6.19. The van der Waals surface area contributed by atoms with Gasteiger partial charge in [0, 0.05) is 42.3 Å². The number of hydrogen-bond donors (Lipinski definition) is 0. The molecule has 0 saturated carbocycles. The van der Waals surface area contributed by atoms with Crippen LogP contribution in [0.1, 0.15) is 48.5 Å². The van der Waals surface area contributed by atoms with E-state index in [2.05, 4.69) is 35.7 Å². The van der Waals surface area contributed by atoms with Gasteiger partial charge in [0.25, 0.3) is 0 Å². The second kappa shape index (κ2) is 13.1. The van der Waals surface area contributed by atoms with E-state index < -0.39 is 0 Å². The molecule has 1 aliphatic rings. The molecule has 1 aliphatic heterocycles. The summed E-state index contributed by atoms with van der Waals surface area (Å²) in [6.45, 7) is 8.76. The van der Waals surface area contributed by atoms with E-state index >= 15 is 0 Å². The summed E-state index contributed by atoms with van der Waals surface area (Å²) >= 11 is 5.94. The second-order valence-corrected chi connectivity index (χ2v) is 9.55. The number of ether oxygens (including phenoxy) is 1. The first-order valence-electron chi connectivity index (χ1n) is 12.1. The topological polar surface area (TPSA) is 36.0 Å². The van der Waals surface area contributed by atoms with Gasteiger partial charge in [-0.25, -0.2) is 0 Å². The van der Waals surface area contributed by atoms with Crippen LogP contribution in [0.15, 0.2) is 48.5 Å². The highest BCUT2D eigenvalue weighted by Gasteiger charge is 2.25. The Balaban J connectivity index is 1.56. The van der Waals surface area contributed by atoms with Gasteiger partial charge in [-0.05, 0) is 95.0 Å². The Morgan fingerprint density at radius 2 is 1.58 bits per heavy atom. The fourth-order valence-corrected chi connectivity index (χ4v) is 4.32. The van der Waals surface area contributed by atoms with Gasteiger partial charge >= 0.3 is 0 Å². The Hall–Kier alpha value is -1.92. The van der Waals surface area contributed by atoms with E-state index in [0.29, 0.717) is 16.1 Å². The van der Waals surface area contributed by atoms with Gasteiger partial charge in [-0.3, -0.25) is 9.69 Å². The van der Waals surface area contributed by atoms with Gasteiger partial charge in [-0.1, -0.05) is 24.9 Å². The number of nitrogens with zero attached hydrogens (tertiary/aromatic N) is 3. The molecular weight excluding hydrogens is 434 g/mol. The molecular formula is C27H38ClN3O2. The molecule has 2 aromatic carbocycles. The molecule has 0 amide bonds. The predicted octanol–water partition coefficient (Wildman–Crippen LogP) is 5.04. The standard InChI is InChI=1S/C27H38ClN3O2/c1-4-5-7-26(31-20-18-30(19-21-31)17-6-16-29(2)3)33-25-14-10-23(11-15-25)27(32)22-8-12-24(28)13-9-22/h8-15,26H,4-7,16-21H2,1-3H3. The average Bonchev–Trinajstić information content (AvgIpc) is 2.82. The fraction of sp³-hybridized carbons (Fsp3) is 0.519. The van der Waals surface area contributed by atoms with Crippen molar-refractivity contribution in [3.05, 3.63) is 64.7 Å². The zero-order valence-corrected chi connectivity index (χ0v) is 21.1. The van der Waals surface area contributed by atoms with E-state index in [9.17, 15) is 4.79 Å². The van der Waals surface area contributed by atoms with Crippen molar-refractivity contribution in [3.63, 3.8) is 0 Å². The number of ketones is 1. The molecule has 0 N–H and O–H groups in total. The van der Waals surface area contributed by atoms with E-state index in [1.54, 1.807) is 24.3 Å². The van der Waals surface area contributed by atoms with E-state index in [4.69, 9.17) is 16.3 Å². The molecule has 180 valence electrons. The van der Waals surface area contributed by atoms with Gasteiger partial charge in [0.1, 0.15) is 5.75 Å². The molecule has 6 heteroatoms. The Bertz CT molecular complexity index is 847. The van der Waals surface area contributed by atoms with Crippen molar-refractivity contribution in [3.8, 4) is 5.75 Å². The number of piperazine rings is 1. The lowest BCUT2D eigenvalue weighted by Crippen LogP contribution is -2.52. The summed E-state index contributed by atoms with van der Waals surface area (Å²) in [4.78, 5) is 20.0.